The van der Waals surface area contributed by atoms with E-state index in [2.05, 4.69) is 5.32 Å². The lowest BCUT2D eigenvalue weighted by Gasteiger charge is -2.39. The maximum atomic E-state index is 14.0. The van der Waals surface area contributed by atoms with Gasteiger partial charge in [0.2, 0.25) is 0 Å². The number of piperazine rings is 1. The van der Waals surface area contributed by atoms with Crippen LogP contribution in [0.4, 0.5) is 4.39 Å². The summed E-state index contributed by atoms with van der Waals surface area (Å²) in [6.07, 6.45) is 0. The minimum Gasteiger partial charge on any atom is -0.337 e. The second kappa shape index (κ2) is 4.08. The zero-order valence-electron chi connectivity index (χ0n) is 10.6. The quantitative estimate of drug-likeness (QED) is 0.754. The van der Waals surface area contributed by atoms with Crippen LogP contribution in [0.25, 0.3) is 0 Å². The lowest BCUT2D eigenvalue weighted by Crippen LogP contribution is -2.61. The Morgan fingerprint density at radius 2 is 2.06 bits per heavy atom. The van der Waals surface area contributed by atoms with Crippen molar-refractivity contribution >= 4 is 11.8 Å². The second-order valence-corrected chi connectivity index (χ2v) is 4.93. The summed E-state index contributed by atoms with van der Waals surface area (Å²) < 4.78 is 14.0. The highest BCUT2D eigenvalue weighted by Gasteiger charge is 2.40. The molecule has 2 rings (SSSR count). The molecular weight excluding hydrogens is 235 g/mol. The van der Waals surface area contributed by atoms with Gasteiger partial charge in [-0.15, -0.1) is 0 Å². The highest BCUT2D eigenvalue weighted by Crippen LogP contribution is 2.27. The number of carbonyl (C=O) groups excluding carboxylic acids is 2. The van der Waals surface area contributed by atoms with Crippen LogP contribution in [0, 0.1) is 12.7 Å². The van der Waals surface area contributed by atoms with Gasteiger partial charge < -0.3 is 10.2 Å². The van der Waals surface area contributed by atoms with E-state index in [1.54, 1.807) is 26.0 Å². The highest BCUT2D eigenvalue weighted by atomic mass is 19.1. The first kappa shape index (κ1) is 12.5. The molecule has 1 N–H and O–H groups in total. The van der Waals surface area contributed by atoms with Gasteiger partial charge in [0.05, 0.1) is 5.54 Å². The van der Waals surface area contributed by atoms with Crippen molar-refractivity contribution in [3.8, 4) is 0 Å². The number of aryl methyl sites for hydroxylation is 1. The SMILES string of the molecule is Cc1ccc(C2(C)CN(C)C(=O)C(=O)N2)c(F)c1. The molecule has 5 heteroatoms. The second-order valence-electron chi connectivity index (χ2n) is 4.93. The number of halogens is 1. The highest BCUT2D eigenvalue weighted by molar-refractivity contribution is 6.35. The maximum Gasteiger partial charge on any atom is 0.311 e. The molecule has 1 unspecified atom stereocenters. The van der Waals surface area contributed by atoms with Gasteiger partial charge >= 0.3 is 11.8 Å². The summed E-state index contributed by atoms with van der Waals surface area (Å²) in [5.74, 6) is -1.67. The van der Waals surface area contributed by atoms with Gasteiger partial charge in [0.15, 0.2) is 0 Å². The van der Waals surface area contributed by atoms with Crippen LogP contribution in [-0.4, -0.2) is 30.3 Å². The molecule has 0 aromatic heterocycles. The van der Waals surface area contributed by atoms with Gasteiger partial charge in [-0.05, 0) is 25.5 Å². The molecule has 1 aliphatic rings. The summed E-state index contributed by atoms with van der Waals surface area (Å²) in [6, 6.07) is 4.85. The van der Waals surface area contributed by atoms with Crippen LogP contribution in [-0.2, 0) is 15.1 Å². The molecule has 4 nitrogen and oxygen atoms in total. The third-order valence-corrected chi connectivity index (χ3v) is 3.20. The standard InChI is InChI=1S/C13H15FN2O2/c1-8-4-5-9(10(14)6-8)13(2)7-16(3)12(18)11(17)15-13/h4-6H,7H2,1-3H3,(H,15,17). The Hall–Kier alpha value is -1.91. The van der Waals surface area contributed by atoms with E-state index < -0.39 is 17.4 Å². The Bertz CT molecular complexity index is 530. The van der Waals surface area contributed by atoms with Gasteiger partial charge in [-0.2, -0.15) is 0 Å². The lowest BCUT2D eigenvalue weighted by atomic mass is 9.88. The molecule has 0 spiro atoms. The molecule has 0 saturated carbocycles. The molecule has 96 valence electrons. The number of nitrogens with zero attached hydrogens (tertiary/aromatic N) is 1. The molecule has 0 bridgehead atoms. The number of benzene rings is 1. The van der Waals surface area contributed by atoms with Gasteiger partial charge in [-0.3, -0.25) is 9.59 Å². The summed E-state index contributed by atoms with van der Waals surface area (Å²) in [6.45, 7) is 3.75. The fourth-order valence-electron chi connectivity index (χ4n) is 2.28. The Morgan fingerprint density at radius 1 is 1.39 bits per heavy atom. The largest absolute Gasteiger partial charge is 0.337 e. The van der Waals surface area contributed by atoms with E-state index in [0.29, 0.717) is 5.56 Å². The normalized spacial score (nSPS) is 24.1. The van der Waals surface area contributed by atoms with E-state index >= 15 is 0 Å². The summed E-state index contributed by atoms with van der Waals surface area (Å²) >= 11 is 0. The molecular formula is C13H15FN2O2. The van der Waals surface area contributed by atoms with Crippen molar-refractivity contribution < 1.29 is 14.0 Å². The first-order valence-electron chi connectivity index (χ1n) is 5.68. The van der Waals surface area contributed by atoms with Crippen molar-refractivity contribution in [3.05, 3.63) is 35.1 Å². The maximum absolute atomic E-state index is 14.0. The first-order chi connectivity index (χ1) is 8.33. The first-order valence-corrected chi connectivity index (χ1v) is 5.68. The molecule has 1 aromatic carbocycles. The number of rotatable bonds is 1. The van der Waals surface area contributed by atoms with Crippen molar-refractivity contribution in [2.24, 2.45) is 0 Å². The van der Waals surface area contributed by atoms with Gasteiger partial charge in [-0.25, -0.2) is 4.39 Å². The zero-order valence-corrected chi connectivity index (χ0v) is 10.6. The zero-order chi connectivity index (χ0) is 13.5. The average Bonchev–Trinajstić information content (AvgIpc) is 2.25. The fraction of sp³-hybridized carbons (Fsp3) is 0.385. The van der Waals surface area contributed by atoms with E-state index in [0.717, 1.165) is 5.56 Å². The Labute approximate surface area is 105 Å². The predicted molar refractivity (Wildman–Crippen MR) is 64.3 cm³/mol. The van der Waals surface area contributed by atoms with E-state index in [1.807, 2.05) is 0 Å². The average molecular weight is 250 g/mol. The minimum atomic E-state index is -0.891. The predicted octanol–water partition coefficient (Wildman–Crippen LogP) is 0.938. The monoisotopic (exact) mass is 250 g/mol. The van der Waals surface area contributed by atoms with Crippen molar-refractivity contribution in [1.82, 2.24) is 10.2 Å². The molecule has 18 heavy (non-hydrogen) atoms. The summed E-state index contributed by atoms with van der Waals surface area (Å²) in [7, 11) is 1.53. The van der Waals surface area contributed by atoms with E-state index in [9.17, 15) is 14.0 Å². The van der Waals surface area contributed by atoms with Crippen molar-refractivity contribution in [1.29, 1.82) is 0 Å². The van der Waals surface area contributed by atoms with E-state index in [-0.39, 0.29) is 12.4 Å². The van der Waals surface area contributed by atoms with Gasteiger partial charge in [0.1, 0.15) is 5.82 Å². The van der Waals surface area contributed by atoms with Crippen LogP contribution in [0.1, 0.15) is 18.1 Å². The van der Waals surface area contributed by atoms with Crippen LogP contribution >= 0.6 is 0 Å². The number of likely N-dealkylation sites (N-methyl/N-ethyl adjacent to an activating group) is 1. The summed E-state index contributed by atoms with van der Waals surface area (Å²) in [4.78, 5) is 24.3. The smallest absolute Gasteiger partial charge is 0.311 e. The van der Waals surface area contributed by atoms with Crippen LogP contribution in [0.3, 0.4) is 0 Å². The van der Waals surface area contributed by atoms with E-state index in [4.69, 9.17) is 0 Å². The molecule has 1 fully saturated rings. The molecule has 1 aromatic rings. The molecule has 0 radical (unpaired) electrons. The van der Waals surface area contributed by atoms with Crippen molar-refractivity contribution in [2.45, 2.75) is 19.4 Å². The van der Waals surface area contributed by atoms with Crippen LogP contribution in [0.5, 0.6) is 0 Å². The van der Waals surface area contributed by atoms with E-state index in [1.165, 1.54) is 18.0 Å². The van der Waals surface area contributed by atoms with Gasteiger partial charge in [0, 0.05) is 19.2 Å². The van der Waals surface area contributed by atoms with Crippen molar-refractivity contribution in [2.75, 3.05) is 13.6 Å². The Balaban J connectivity index is 2.42. The molecule has 1 aliphatic heterocycles. The molecule has 2 amide bonds. The molecule has 0 aliphatic carbocycles. The number of carbonyl (C=O) groups is 2. The Morgan fingerprint density at radius 3 is 2.61 bits per heavy atom. The van der Waals surface area contributed by atoms with Crippen LogP contribution in [0.15, 0.2) is 18.2 Å². The van der Waals surface area contributed by atoms with Crippen molar-refractivity contribution in [3.63, 3.8) is 0 Å². The number of hydrogen-bond acceptors (Lipinski definition) is 2. The summed E-state index contributed by atoms with van der Waals surface area (Å²) in [5, 5.41) is 2.58. The van der Waals surface area contributed by atoms with Gasteiger partial charge in [-0.1, -0.05) is 12.1 Å². The molecule has 1 heterocycles. The number of hydrogen-bond donors (Lipinski definition) is 1. The van der Waals surface area contributed by atoms with Crippen LogP contribution in [0.2, 0.25) is 0 Å². The third kappa shape index (κ3) is 1.96. The molecule has 1 saturated heterocycles. The Kier molecular flexibility index (Phi) is 2.84. The lowest BCUT2D eigenvalue weighted by molar-refractivity contribution is -0.150. The number of nitrogens with one attached hydrogen (secondary N) is 1. The summed E-state index contributed by atoms with van der Waals surface area (Å²) in [5.41, 5.74) is 0.310. The van der Waals surface area contributed by atoms with Gasteiger partial charge in [0.25, 0.3) is 0 Å². The topological polar surface area (TPSA) is 49.4 Å². The van der Waals surface area contributed by atoms with Crippen LogP contribution < -0.4 is 5.32 Å². The molecule has 1 atom stereocenters. The third-order valence-electron chi connectivity index (χ3n) is 3.20. The number of amides is 2. The minimum absolute atomic E-state index is 0.248. The fourth-order valence-corrected chi connectivity index (χ4v) is 2.28.